The van der Waals surface area contributed by atoms with Gasteiger partial charge in [0.2, 0.25) is 0 Å². The molecule has 1 aromatic carbocycles. The van der Waals surface area contributed by atoms with Crippen LogP contribution in [0.1, 0.15) is 38.7 Å². The summed E-state index contributed by atoms with van der Waals surface area (Å²) in [5, 5.41) is 3.61. The van der Waals surface area contributed by atoms with Gasteiger partial charge in [-0.1, -0.05) is 44.0 Å². The standard InChI is InChI=1S/C15H21ClFN/c1-3-11-8-15(9-11,10-18-4-2)12-6-5-7-13(16)14(12)17/h5-7,11,18H,3-4,8-10H2,1-2H3. The van der Waals surface area contributed by atoms with Crippen LogP contribution in [0.25, 0.3) is 0 Å². The summed E-state index contributed by atoms with van der Waals surface area (Å²) in [6.45, 7) is 6.05. The third kappa shape index (κ3) is 2.41. The average Bonchev–Trinajstić information content (AvgIpc) is 2.33. The smallest absolute Gasteiger partial charge is 0.145 e. The van der Waals surface area contributed by atoms with Gasteiger partial charge in [0.05, 0.1) is 5.02 Å². The molecule has 1 aliphatic rings. The van der Waals surface area contributed by atoms with Gasteiger partial charge in [-0.3, -0.25) is 0 Å². The summed E-state index contributed by atoms with van der Waals surface area (Å²) in [6.07, 6.45) is 3.30. The molecule has 0 spiro atoms. The molecule has 0 atom stereocenters. The lowest BCUT2D eigenvalue weighted by atomic mass is 9.57. The highest BCUT2D eigenvalue weighted by atomic mass is 35.5. The monoisotopic (exact) mass is 269 g/mol. The minimum atomic E-state index is -0.230. The second-order valence-corrected chi connectivity index (χ2v) is 5.75. The van der Waals surface area contributed by atoms with Crippen LogP contribution in [0.4, 0.5) is 4.39 Å². The zero-order chi connectivity index (χ0) is 13.2. The van der Waals surface area contributed by atoms with Gasteiger partial charge in [-0.15, -0.1) is 0 Å². The number of halogens is 2. The molecular weight excluding hydrogens is 249 g/mol. The molecule has 0 aromatic heterocycles. The van der Waals surface area contributed by atoms with E-state index in [1.165, 1.54) is 6.42 Å². The normalized spacial score (nSPS) is 27.0. The maximum atomic E-state index is 14.2. The van der Waals surface area contributed by atoms with Crippen LogP contribution in [0.5, 0.6) is 0 Å². The topological polar surface area (TPSA) is 12.0 Å². The summed E-state index contributed by atoms with van der Waals surface area (Å²) in [5.41, 5.74) is 0.742. The van der Waals surface area contributed by atoms with Crippen LogP contribution in [-0.4, -0.2) is 13.1 Å². The SMILES string of the molecule is CCNCC1(c2cccc(Cl)c2F)CC(CC)C1. The van der Waals surface area contributed by atoms with E-state index in [9.17, 15) is 4.39 Å². The van der Waals surface area contributed by atoms with Crippen LogP contribution < -0.4 is 5.32 Å². The largest absolute Gasteiger partial charge is 0.316 e. The molecule has 0 saturated heterocycles. The summed E-state index contributed by atoms with van der Waals surface area (Å²) < 4.78 is 14.2. The van der Waals surface area contributed by atoms with Gasteiger partial charge in [-0.25, -0.2) is 4.39 Å². The first-order valence-corrected chi connectivity index (χ1v) is 7.16. The van der Waals surface area contributed by atoms with Gasteiger partial charge < -0.3 is 5.32 Å². The lowest BCUT2D eigenvalue weighted by molar-refractivity contribution is 0.130. The van der Waals surface area contributed by atoms with E-state index in [1.807, 2.05) is 12.1 Å². The molecule has 1 aromatic rings. The fourth-order valence-electron chi connectivity index (χ4n) is 3.07. The van der Waals surface area contributed by atoms with E-state index >= 15 is 0 Å². The first-order valence-electron chi connectivity index (χ1n) is 6.78. The zero-order valence-corrected chi connectivity index (χ0v) is 11.9. The number of hydrogen-bond acceptors (Lipinski definition) is 1. The summed E-state index contributed by atoms with van der Waals surface area (Å²) in [7, 11) is 0. The Morgan fingerprint density at radius 1 is 1.39 bits per heavy atom. The van der Waals surface area contributed by atoms with Crippen molar-refractivity contribution in [2.45, 2.75) is 38.5 Å². The Balaban J connectivity index is 2.27. The van der Waals surface area contributed by atoms with Crippen molar-refractivity contribution in [1.82, 2.24) is 5.32 Å². The minimum absolute atomic E-state index is 0.0499. The van der Waals surface area contributed by atoms with Gasteiger partial charge in [0.1, 0.15) is 5.82 Å². The third-order valence-corrected chi connectivity index (χ3v) is 4.46. The van der Waals surface area contributed by atoms with E-state index in [2.05, 4.69) is 19.2 Å². The van der Waals surface area contributed by atoms with Crippen molar-refractivity contribution in [1.29, 1.82) is 0 Å². The van der Waals surface area contributed by atoms with Crippen LogP contribution in [0, 0.1) is 11.7 Å². The van der Waals surface area contributed by atoms with Crippen molar-refractivity contribution < 1.29 is 4.39 Å². The number of benzene rings is 1. The second-order valence-electron chi connectivity index (χ2n) is 5.34. The predicted molar refractivity (Wildman–Crippen MR) is 74.6 cm³/mol. The lowest BCUT2D eigenvalue weighted by Crippen LogP contribution is -2.49. The highest BCUT2D eigenvalue weighted by Crippen LogP contribution is 2.50. The van der Waals surface area contributed by atoms with E-state index in [0.717, 1.165) is 37.4 Å². The molecule has 1 aliphatic carbocycles. The van der Waals surface area contributed by atoms with Crippen molar-refractivity contribution in [2.75, 3.05) is 13.1 Å². The van der Waals surface area contributed by atoms with Crippen molar-refractivity contribution in [3.05, 3.63) is 34.6 Å². The molecular formula is C15H21ClFN. The molecule has 0 unspecified atom stereocenters. The molecule has 0 bridgehead atoms. The Morgan fingerprint density at radius 2 is 2.11 bits per heavy atom. The number of hydrogen-bond donors (Lipinski definition) is 1. The van der Waals surface area contributed by atoms with Crippen molar-refractivity contribution >= 4 is 11.6 Å². The Bertz CT molecular complexity index is 407. The number of nitrogens with one attached hydrogen (secondary N) is 1. The minimum Gasteiger partial charge on any atom is -0.316 e. The Kier molecular flexibility index (Phi) is 4.29. The van der Waals surface area contributed by atoms with Crippen LogP contribution >= 0.6 is 11.6 Å². The fourth-order valence-corrected chi connectivity index (χ4v) is 3.25. The van der Waals surface area contributed by atoms with E-state index in [4.69, 9.17) is 11.6 Å². The molecule has 0 radical (unpaired) electrons. The lowest BCUT2D eigenvalue weighted by Gasteiger charge is -2.48. The molecule has 1 saturated carbocycles. The van der Waals surface area contributed by atoms with Gasteiger partial charge in [0.15, 0.2) is 0 Å². The Labute approximate surface area is 114 Å². The maximum Gasteiger partial charge on any atom is 0.145 e. The molecule has 18 heavy (non-hydrogen) atoms. The van der Waals surface area contributed by atoms with E-state index in [-0.39, 0.29) is 16.3 Å². The van der Waals surface area contributed by atoms with Crippen molar-refractivity contribution in [3.8, 4) is 0 Å². The maximum absolute atomic E-state index is 14.2. The van der Waals surface area contributed by atoms with E-state index in [0.29, 0.717) is 0 Å². The van der Waals surface area contributed by atoms with E-state index in [1.54, 1.807) is 6.07 Å². The van der Waals surface area contributed by atoms with Crippen molar-refractivity contribution in [3.63, 3.8) is 0 Å². The van der Waals surface area contributed by atoms with Gasteiger partial charge in [0, 0.05) is 12.0 Å². The quantitative estimate of drug-likeness (QED) is 0.847. The van der Waals surface area contributed by atoms with Gasteiger partial charge in [0.25, 0.3) is 0 Å². The summed E-state index contributed by atoms with van der Waals surface area (Å²) in [6, 6.07) is 5.37. The molecule has 2 rings (SSSR count). The highest BCUT2D eigenvalue weighted by Gasteiger charge is 2.45. The molecule has 1 nitrogen and oxygen atoms in total. The van der Waals surface area contributed by atoms with E-state index < -0.39 is 0 Å². The Morgan fingerprint density at radius 3 is 2.72 bits per heavy atom. The summed E-state index contributed by atoms with van der Waals surface area (Å²) >= 11 is 5.91. The predicted octanol–water partition coefficient (Wildman–Crippen LogP) is 4.15. The highest BCUT2D eigenvalue weighted by molar-refractivity contribution is 6.30. The molecule has 0 amide bonds. The molecule has 1 N–H and O–H groups in total. The molecule has 1 fully saturated rings. The number of rotatable bonds is 5. The summed E-state index contributed by atoms with van der Waals surface area (Å²) in [4.78, 5) is 0. The third-order valence-electron chi connectivity index (χ3n) is 4.17. The second kappa shape index (κ2) is 5.58. The summed E-state index contributed by atoms with van der Waals surface area (Å²) in [5.74, 6) is 0.494. The van der Waals surface area contributed by atoms with Crippen molar-refractivity contribution in [2.24, 2.45) is 5.92 Å². The van der Waals surface area contributed by atoms with Crippen LogP contribution in [0.2, 0.25) is 5.02 Å². The Hall–Kier alpha value is -0.600. The fraction of sp³-hybridized carbons (Fsp3) is 0.600. The first kappa shape index (κ1) is 13.8. The van der Waals surface area contributed by atoms with Gasteiger partial charge in [-0.05, 0) is 36.9 Å². The first-order chi connectivity index (χ1) is 8.63. The van der Waals surface area contributed by atoms with Gasteiger partial charge >= 0.3 is 0 Å². The molecule has 0 aliphatic heterocycles. The molecule has 100 valence electrons. The zero-order valence-electron chi connectivity index (χ0n) is 11.1. The number of likely N-dealkylation sites (N-methyl/N-ethyl adjacent to an activating group) is 1. The van der Waals surface area contributed by atoms with Crippen LogP contribution in [0.3, 0.4) is 0 Å². The van der Waals surface area contributed by atoms with Gasteiger partial charge in [-0.2, -0.15) is 0 Å². The van der Waals surface area contributed by atoms with Crippen LogP contribution in [0.15, 0.2) is 18.2 Å². The van der Waals surface area contributed by atoms with Crippen LogP contribution in [-0.2, 0) is 5.41 Å². The average molecular weight is 270 g/mol. The molecule has 3 heteroatoms. The molecule has 0 heterocycles.